The summed E-state index contributed by atoms with van der Waals surface area (Å²) >= 11 is 0. The molecule has 0 unspecified atom stereocenters. The molecule has 0 aliphatic heterocycles. The molecule has 0 amide bonds. The standard InChI is InChI=1S/C10H12N2/c1-7(2)9(5-11)10(6-12)8(3)4/h1-4H3. The van der Waals surface area contributed by atoms with Crippen molar-refractivity contribution in [2.75, 3.05) is 0 Å². The topological polar surface area (TPSA) is 47.6 Å². The van der Waals surface area contributed by atoms with Gasteiger partial charge in [-0.25, -0.2) is 0 Å². The van der Waals surface area contributed by atoms with Gasteiger partial charge in [0.05, 0.1) is 11.1 Å². The van der Waals surface area contributed by atoms with Crippen LogP contribution in [0, 0.1) is 22.7 Å². The molecule has 12 heavy (non-hydrogen) atoms. The van der Waals surface area contributed by atoms with E-state index in [1.165, 1.54) is 0 Å². The molecule has 0 bridgehead atoms. The van der Waals surface area contributed by atoms with Crippen LogP contribution in [-0.2, 0) is 0 Å². The van der Waals surface area contributed by atoms with Crippen molar-refractivity contribution in [2.45, 2.75) is 27.7 Å². The van der Waals surface area contributed by atoms with Gasteiger partial charge in [0.25, 0.3) is 0 Å². The number of rotatable bonds is 1. The number of hydrogen-bond acceptors (Lipinski definition) is 2. The molecule has 0 saturated carbocycles. The lowest BCUT2D eigenvalue weighted by Gasteiger charge is -2.00. The first-order valence-electron chi connectivity index (χ1n) is 3.70. The van der Waals surface area contributed by atoms with E-state index in [4.69, 9.17) is 10.5 Å². The highest BCUT2D eigenvalue weighted by Gasteiger charge is 2.06. The van der Waals surface area contributed by atoms with Crippen molar-refractivity contribution in [3.63, 3.8) is 0 Å². The largest absolute Gasteiger partial charge is 0.192 e. The number of allylic oxidation sites excluding steroid dienone is 4. The van der Waals surface area contributed by atoms with Crippen LogP contribution in [0.3, 0.4) is 0 Å². The maximum absolute atomic E-state index is 8.75. The van der Waals surface area contributed by atoms with Gasteiger partial charge in [0.1, 0.15) is 12.1 Å². The average Bonchev–Trinajstić information content (AvgIpc) is 1.98. The third kappa shape index (κ3) is 2.25. The summed E-state index contributed by atoms with van der Waals surface area (Å²) in [7, 11) is 0. The first-order valence-corrected chi connectivity index (χ1v) is 3.70. The van der Waals surface area contributed by atoms with E-state index in [2.05, 4.69) is 0 Å². The van der Waals surface area contributed by atoms with E-state index in [-0.39, 0.29) is 0 Å². The minimum Gasteiger partial charge on any atom is -0.192 e. The Morgan fingerprint density at radius 3 is 1.08 bits per heavy atom. The van der Waals surface area contributed by atoms with Gasteiger partial charge in [-0.05, 0) is 27.7 Å². The second-order valence-electron chi connectivity index (χ2n) is 2.97. The van der Waals surface area contributed by atoms with E-state index in [0.717, 1.165) is 11.1 Å². The van der Waals surface area contributed by atoms with Crippen molar-refractivity contribution in [1.29, 1.82) is 10.5 Å². The zero-order chi connectivity index (χ0) is 9.72. The maximum atomic E-state index is 8.75. The molecule has 0 rings (SSSR count). The summed E-state index contributed by atoms with van der Waals surface area (Å²) in [5.41, 5.74) is 2.76. The van der Waals surface area contributed by atoms with Crippen LogP contribution in [0.25, 0.3) is 0 Å². The summed E-state index contributed by atoms with van der Waals surface area (Å²) < 4.78 is 0. The lowest BCUT2D eigenvalue weighted by atomic mass is 10.0. The van der Waals surface area contributed by atoms with Gasteiger partial charge in [-0.3, -0.25) is 0 Å². The molecule has 0 aromatic carbocycles. The summed E-state index contributed by atoms with van der Waals surface area (Å²) in [4.78, 5) is 0. The van der Waals surface area contributed by atoms with Gasteiger partial charge in [0.2, 0.25) is 0 Å². The summed E-state index contributed by atoms with van der Waals surface area (Å²) in [6.45, 7) is 7.33. The van der Waals surface area contributed by atoms with Crippen LogP contribution in [-0.4, -0.2) is 0 Å². The van der Waals surface area contributed by atoms with Crippen LogP contribution < -0.4 is 0 Å². The van der Waals surface area contributed by atoms with Gasteiger partial charge in [-0.1, -0.05) is 11.1 Å². The Balaban J connectivity index is 5.36. The van der Waals surface area contributed by atoms with E-state index in [1.807, 2.05) is 39.8 Å². The molecule has 0 aliphatic carbocycles. The van der Waals surface area contributed by atoms with Gasteiger partial charge in [0, 0.05) is 0 Å². The van der Waals surface area contributed by atoms with E-state index in [1.54, 1.807) is 0 Å². The molecule has 0 aliphatic rings. The summed E-state index contributed by atoms with van der Waals surface area (Å²) in [6, 6.07) is 4.07. The minimum absolute atomic E-state index is 0.498. The predicted octanol–water partition coefficient (Wildman–Crippen LogP) is 2.71. The van der Waals surface area contributed by atoms with Gasteiger partial charge < -0.3 is 0 Å². The Bertz CT molecular complexity index is 277. The zero-order valence-corrected chi connectivity index (χ0v) is 7.89. The molecule has 0 N–H and O–H groups in total. The van der Waals surface area contributed by atoms with Gasteiger partial charge in [-0.2, -0.15) is 10.5 Å². The Morgan fingerprint density at radius 1 is 0.750 bits per heavy atom. The number of hydrogen-bond donors (Lipinski definition) is 0. The third-order valence-corrected chi connectivity index (χ3v) is 1.47. The fourth-order valence-corrected chi connectivity index (χ4v) is 0.835. The van der Waals surface area contributed by atoms with E-state index in [0.29, 0.717) is 11.1 Å². The molecule has 2 heteroatoms. The molecule has 0 fully saturated rings. The first kappa shape index (κ1) is 10.5. The first-order chi connectivity index (χ1) is 5.54. The second-order valence-corrected chi connectivity index (χ2v) is 2.97. The minimum atomic E-state index is 0.498. The third-order valence-electron chi connectivity index (χ3n) is 1.47. The molecular formula is C10H12N2. The molecule has 0 spiro atoms. The van der Waals surface area contributed by atoms with E-state index in [9.17, 15) is 0 Å². The van der Waals surface area contributed by atoms with Crippen molar-refractivity contribution >= 4 is 0 Å². The highest BCUT2D eigenvalue weighted by atomic mass is 14.3. The van der Waals surface area contributed by atoms with Crippen LogP contribution in [0.15, 0.2) is 22.3 Å². The average molecular weight is 160 g/mol. The van der Waals surface area contributed by atoms with Gasteiger partial charge >= 0.3 is 0 Å². The maximum Gasteiger partial charge on any atom is 0.100 e. The molecule has 0 atom stereocenters. The molecule has 62 valence electrons. The highest BCUT2D eigenvalue weighted by Crippen LogP contribution is 2.16. The molecule has 2 nitrogen and oxygen atoms in total. The van der Waals surface area contributed by atoms with E-state index >= 15 is 0 Å². The molecule has 0 heterocycles. The van der Waals surface area contributed by atoms with Crippen molar-refractivity contribution in [1.82, 2.24) is 0 Å². The number of nitriles is 2. The lowest BCUT2D eigenvalue weighted by Crippen LogP contribution is -1.89. The molecule has 0 aromatic heterocycles. The van der Waals surface area contributed by atoms with Gasteiger partial charge in [0.15, 0.2) is 0 Å². The molecule has 0 aromatic rings. The summed E-state index contributed by atoms with van der Waals surface area (Å²) in [6.07, 6.45) is 0. The van der Waals surface area contributed by atoms with Crippen molar-refractivity contribution in [3.05, 3.63) is 22.3 Å². The Morgan fingerprint density at radius 2 is 1.00 bits per heavy atom. The van der Waals surface area contributed by atoms with Crippen LogP contribution in [0.4, 0.5) is 0 Å². The van der Waals surface area contributed by atoms with Crippen LogP contribution in [0.1, 0.15) is 27.7 Å². The fourth-order valence-electron chi connectivity index (χ4n) is 0.835. The monoisotopic (exact) mass is 160 g/mol. The smallest absolute Gasteiger partial charge is 0.100 e. The molecular weight excluding hydrogens is 148 g/mol. The van der Waals surface area contributed by atoms with Crippen molar-refractivity contribution in [3.8, 4) is 12.1 Å². The fraction of sp³-hybridized carbons (Fsp3) is 0.400. The molecule has 0 saturated heterocycles. The van der Waals surface area contributed by atoms with Crippen LogP contribution >= 0.6 is 0 Å². The zero-order valence-electron chi connectivity index (χ0n) is 7.89. The number of nitrogens with zero attached hydrogens (tertiary/aromatic N) is 2. The predicted molar refractivity (Wildman–Crippen MR) is 48.0 cm³/mol. The van der Waals surface area contributed by atoms with Crippen LogP contribution in [0.2, 0.25) is 0 Å². The summed E-state index contributed by atoms with van der Waals surface area (Å²) in [5.74, 6) is 0. The normalized spacial score (nSPS) is 7.83. The van der Waals surface area contributed by atoms with E-state index < -0.39 is 0 Å². The van der Waals surface area contributed by atoms with Crippen molar-refractivity contribution in [2.24, 2.45) is 0 Å². The van der Waals surface area contributed by atoms with Crippen molar-refractivity contribution < 1.29 is 0 Å². The lowest BCUT2D eigenvalue weighted by molar-refractivity contribution is 1.25. The molecule has 0 radical (unpaired) electrons. The Hall–Kier alpha value is -1.54. The highest BCUT2D eigenvalue weighted by molar-refractivity contribution is 5.53. The SMILES string of the molecule is CC(C)=C(C#N)C(C#N)=C(C)C. The summed E-state index contributed by atoms with van der Waals surface area (Å²) in [5, 5.41) is 17.5. The Labute approximate surface area is 73.4 Å². The van der Waals surface area contributed by atoms with Crippen LogP contribution in [0.5, 0.6) is 0 Å². The second kappa shape index (κ2) is 4.36. The van der Waals surface area contributed by atoms with Gasteiger partial charge in [-0.15, -0.1) is 0 Å². The quantitative estimate of drug-likeness (QED) is 0.437. The Kier molecular flexibility index (Phi) is 3.80.